The highest BCUT2D eigenvalue weighted by Crippen LogP contribution is 2.28. The van der Waals surface area contributed by atoms with Gasteiger partial charge in [0.2, 0.25) is 5.91 Å². The molecule has 7 heteroatoms. The monoisotopic (exact) mass is 315 g/mol. The first kappa shape index (κ1) is 17.5. The Morgan fingerprint density at radius 1 is 1.33 bits per heavy atom. The fourth-order valence-corrected chi connectivity index (χ4v) is 2.57. The van der Waals surface area contributed by atoms with Crippen molar-refractivity contribution in [2.24, 2.45) is 5.73 Å². The van der Waals surface area contributed by atoms with Gasteiger partial charge in [-0.15, -0.1) is 12.4 Å². The number of nitrogens with one attached hydrogen (secondary N) is 2. The topological polar surface area (TPSA) is 97.4 Å². The summed E-state index contributed by atoms with van der Waals surface area (Å²) in [5, 5.41) is 5.66. The number of carbonyl (C=O) groups is 2. The molecule has 1 aromatic heterocycles. The quantitative estimate of drug-likeness (QED) is 0.735. The standard InChI is InChI=1S/C14H21N3O3.ClH/c15-10-14(6-1-2-7-14)17-12(18)5-8-16-13(19)11-4-3-9-20-11;/h3-4,9H,1-2,5-8,10,15H2,(H,16,19)(H,17,18);1H. The fraction of sp³-hybridized carbons (Fsp3) is 0.571. The van der Waals surface area contributed by atoms with Crippen LogP contribution in [0.4, 0.5) is 0 Å². The number of amides is 2. The van der Waals surface area contributed by atoms with E-state index in [4.69, 9.17) is 10.2 Å². The van der Waals surface area contributed by atoms with Crippen LogP contribution < -0.4 is 16.4 Å². The Hall–Kier alpha value is -1.53. The lowest BCUT2D eigenvalue weighted by Gasteiger charge is -2.28. The molecule has 1 aliphatic rings. The Labute approximate surface area is 130 Å². The largest absolute Gasteiger partial charge is 0.459 e. The lowest BCUT2D eigenvalue weighted by molar-refractivity contribution is -0.122. The summed E-state index contributed by atoms with van der Waals surface area (Å²) in [5.74, 6) is -0.131. The molecule has 4 N–H and O–H groups in total. The van der Waals surface area contributed by atoms with Crippen molar-refractivity contribution in [3.05, 3.63) is 24.2 Å². The minimum absolute atomic E-state index is 0. The Morgan fingerprint density at radius 3 is 2.62 bits per heavy atom. The van der Waals surface area contributed by atoms with Crippen molar-refractivity contribution in [3.63, 3.8) is 0 Å². The molecule has 1 saturated carbocycles. The van der Waals surface area contributed by atoms with E-state index in [1.165, 1.54) is 6.26 Å². The van der Waals surface area contributed by atoms with Gasteiger partial charge in [-0.2, -0.15) is 0 Å². The van der Waals surface area contributed by atoms with Crippen LogP contribution in [0.5, 0.6) is 0 Å². The Morgan fingerprint density at radius 2 is 2.05 bits per heavy atom. The second-order valence-corrected chi connectivity index (χ2v) is 5.22. The second kappa shape index (κ2) is 8.05. The van der Waals surface area contributed by atoms with Gasteiger partial charge in [0.15, 0.2) is 5.76 Å². The highest BCUT2D eigenvalue weighted by molar-refractivity contribution is 5.91. The van der Waals surface area contributed by atoms with Gasteiger partial charge in [0.05, 0.1) is 11.8 Å². The van der Waals surface area contributed by atoms with E-state index in [-0.39, 0.29) is 48.5 Å². The maximum atomic E-state index is 11.9. The molecule has 1 aromatic rings. The van der Waals surface area contributed by atoms with Crippen molar-refractivity contribution in [1.29, 1.82) is 0 Å². The predicted octanol–water partition coefficient (Wildman–Crippen LogP) is 1.21. The molecule has 2 amide bonds. The van der Waals surface area contributed by atoms with Crippen LogP contribution in [0.2, 0.25) is 0 Å². The lowest BCUT2D eigenvalue weighted by atomic mass is 9.97. The Bertz CT molecular complexity index is 456. The third kappa shape index (κ3) is 4.75. The SMILES string of the molecule is Cl.NCC1(NC(=O)CCNC(=O)c2ccco2)CCCC1. The van der Waals surface area contributed by atoms with Gasteiger partial charge >= 0.3 is 0 Å². The highest BCUT2D eigenvalue weighted by atomic mass is 35.5. The summed E-state index contributed by atoms with van der Waals surface area (Å²) in [6, 6.07) is 3.23. The molecule has 0 aromatic carbocycles. The van der Waals surface area contributed by atoms with Gasteiger partial charge in [-0.1, -0.05) is 12.8 Å². The van der Waals surface area contributed by atoms with Gasteiger partial charge in [-0.25, -0.2) is 0 Å². The minimum atomic E-state index is -0.308. The van der Waals surface area contributed by atoms with Crippen LogP contribution >= 0.6 is 12.4 Å². The zero-order valence-corrected chi connectivity index (χ0v) is 12.7. The number of hydrogen-bond donors (Lipinski definition) is 3. The fourth-order valence-electron chi connectivity index (χ4n) is 2.57. The van der Waals surface area contributed by atoms with Gasteiger partial charge in [-0.3, -0.25) is 9.59 Å². The van der Waals surface area contributed by atoms with E-state index in [1.807, 2.05) is 0 Å². The van der Waals surface area contributed by atoms with Crippen LogP contribution in [0.25, 0.3) is 0 Å². The van der Waals surface area contributed by atoms with Crippen molar-refractivity contribution in [2.45, 2.75) is 37.6 Å². The van der Waals surface area contributed by atoms with Crippen molar-refractivity contribution < 1.29 is 14.0 Å². The number of furan rings is 1. The second-order valence-electron chi connectivity index (χ2n) is 5.22. The van der Waals surface area contributed by atoms with Gasteiger partial charge < -0.3 is 20.8 Å². The molecule has 21 heavy (non-hydrogen) atoms. The number of nitrogens with two attached hydrogens (primary N) is 1. The molecular weight excluding hydrogens is 294 g/mol. The summed E-state index contributed by atoms with van der Waals surface area (Å²) in [5.41, 5.74) is 5.53. The lowest BCUT2D eigenvalue weighted by Crippen LogP contribution is -2.52. The number of hydrogen-bond acceptors (Lipinski definition) is 4. The van der Waals surface area contributed by atoms with E-state index in [2.05, 4.69) is 10.6 Å². The first-order valence-corrected chi connectivity index (χ1v) is 6.98. The summed E-state index contributed by atoms with van der Waals surface area (Å²) < 4.78 is 4.96. The van der Waals surface area contributed by atoms with Gasteiger partial charge in [0.1, 0.15) is 0 Å². The maximum Gasteiger partial charge on any atom is 0.286 e. The molecule has 0 atom stereocenters. The first-order chi connectivity index (χ1) is 9.65. The summed E-state index contributed by atoms with van der Waals surface area (Å²) in [6.45, 7) is 0.753. The normalized spacial score (nSPS) is 16.0. The van der Waals surface area contributed by atoms with Gasteiger partial charge in [-0.05, 0) is 25.0 Å². The summed E-state index contributed by atoms with van der Waals surface area (Å²) in [4.78, 5) is 23.5. The van der Waals surface area contributed by atoms with Crippen molar-refractivity contribution in [3.8, 4) is 0 Å². The average molecular weight is 316 g/mol. The molecule has 0 spiro atoms. The Kier molecular flexibility index (Phi) is 6.71. The molecule has 0 saturated heterocycles. The first-order valence-electron chi connectivity index (χ1n) is 6.98. The molecule has 0 unspecified atom stereocenters. The Balaban J connectivity index is 0.00000220. The van der Waals surface area contributed by atoms with E-state index in [0.29, 0.717) is 6.54 Å². The summed E-state index contributed by atoms with van der Waals surface area (Å²) >= 11 is 0. The molecule has 1 aliphatic carbocycles. The minimum Gasteiger partial charge on any atom is -0.459 e. The van der Waals surface area contributed by atoms with E-state index >= 15 is 0 Å². The average Bonchev–Trinajstić information content (AvgIpc) is 3.10. The molecule has 118 valence electrons. The van der Waals surface area contributed by atoms with E-state index in [1.54, 1.807) is 12.1 Å². The third-order valence-corrected chi connectivity index (χ3v) is 3.74. The zero-order chi connectivity index (χ0) is 14.4. The van der Waals surface area contributed by atoms with Crippen LogP contribution in [-0.4, -0.2) is 30.4 Å². The molecule has 2 rings (SSSR count). The van der Waals surface area contributed by atoms with Crippen LogP contribution in [0, 0.1) is 0 Å². The molecular formula is C14H22ClN3O3. The summed E-state index contributed by atoms with van der Waals surface area (Å²) in [7, 11) is 0. The molecule has 0 bridgehead atoms. The van der Waals surface area contributed by atoms with E-state index < -0.39 is 0 Å². The van der Waals surface area contributed by atoms with Gasteiger partial charge in [0, 0.05) is 19.5 Å². The van der Waals surface area contributed by atoms with E-state index in [0.717, 1.165) is 25.7 Å². The number of halogens is 1. The zero-order valence-electron chi connectivity index (χ0n) is 11.9. The molecule has 0 aliphatic heterocycles. The van der Waals surface area contributed by atoms with Crippen molar-refractivity contribution >= 4 is 24.2 Å². The molecule has 6 nitrogen and oxygen atoms in total. The van der Waals surface area contributed by atoms with Crippen molar-refractivity contribution in [2.75, 3.05) is 13.1 Å². The third-order valence-electron chi connectivity index (χ3n) is 3.74. The maximum absolute atomic E-state index is 11.9. The van der Waals surface area contributed by atoms with Crippen LogP contribution in [0.3, 0.4) is 0 Å². The molecule has 0 radical (unpaired) electrons. The number of carbonyl (C=O) groups excluding carboxylic acids is 2. The molecule has 1 heterocycles. The van der Waals surface area contributed by atoms with Crippen LogP contribution in [0.15, 0.2) is 22.8 Å². The van der Waals surface area contributed by atoms with Crippen molar-refractivity contribution in [1.82, 2.24) is 10.6 Å². The molecule has 1 fully saturated rings. The van der Waals surface area contributed by atoms with Crippen LogP contribution in [-0.2, 0) is 4.79 Å². The van der Waals surface area contributed by atoms with Crippen LogP contribution in [0.1, 0.15) is 42.7 Å². The van der Waals surface area contributed by atoms with E-state index in [9.17, 15) is 9.59 Å². The highest BCUT2D eigenvalue weighted by Gasteiger charge is 2.33. The number of rotatable bonds is 6. The summed E-state index contributed by atoms with van der Waals surface area (Å²) in [6.07, 6.45) is 5.77. The smallest absolute Gasteiger partial charge is 0.286 e. The van der Waals surface area contributed by atoms with Gasteiger partial charge in [0.25, 0.3) is 5.91 Å². The predicted molar refractivity (Wildman–Crippen MR) is 81.3 cm³/mol.